The van der Waals surface area contributed by atoms with Crippen LogP contribution in [0.25, 0.3) is 0 Å². The second-order valence-electron chi connectivity index (χ2n) is 4.19. The van der Waals surface area contributed by atoms with Crippen molar-refractivity contribution >= 4 is 0 Å². The molecule has 1 heterocycles. The maximum Gasteiger partial charge on any atom is -0.00142 e. The Morgan fingerprint density at radius 1 is 1.42 bits per heavy atom. The summed E-state index contributed by atoms with van der Waals surface area (Å²) in [6.45, 7) is 4.79. The van der Waals surface area contributed by atoms with E-state index in [0.717, 1.165) is 11.8 Å². The van der Waals surface area contributed by atoms with Gasteiger partial charge in [0.1, 0.15) is 0 Å². The van der Waals surface area contributed by atoms with Gasteiger partial charge in [-0.1, -0.05) is 18.6 Å². The van der Waals surface area contributed by atoms with Gasteiger partial charge in [0.15, 0.2) is 0 Å². The van der Waals surface area contributed by atoms with Gasteiger partial charge in [0, 0.05) is 0 Å². The number of hydrogen-bond donors (Lipinski definition) is 1. The van der Waals surface area contributed by atoms with E-state index in [-0.39, 0.29) is 0 Å². The molecule has 2 aliphatic rings. The summed E-state index contributed by atoms with van der Waals surface area (Å²) in [5.41, 5.74) is 1.72. The summed E-state index contributed by atoms with van der Waals surface area (Å²) >= 11 is 0. The molecule has 1 saturated carbocycles. The number of rotatable bonds is 1. The predicted octanol–water partition coefficient (Wildman–Crippen LogP) is 2.34. The normalized spacial score (nSPS) is 38.6. The van der Waals surface area contributed by atoms with E-state index in [1.54, 1.807) is 5.57 Å². The van der Waals surface area contributed by atoms with Crippen LogP contribution in [-0.2, 0) is 0 Å². The first kappa shape index (κ1) is 8.31. The van der Waals surface area contributed by atoms with E-state index in [2.05, 4.69) is 18.3 Å². The highest BCUT2D eigenvalue weighted by Gasteiger charge is 2.30. The third kappa shape index (κ3) is 1.56. The van der Waals surface area contributed by atoms with Gasteiger partial charge in [-0.3, -0.25) is 0 Å². The van der Waals surface area contributed by atoms with Gasteiger partial charge in [-0.2, -0.15) is 0 Å². The summed E-state index contributed by atoms with van der Waals surface area (Å²) in [4.78, 5) is 0. The molecule has 68 valence electrons. The van der Waals surface area contributed by atoms with Crippen molar-refractivity contribution in [3.8, 4) is 0 Å². The van der Waals surface area contributed by atoms with E-state index in [1.807, 2.05) is 0 Å². The Kier molecular flexibility index (Phi) is 2.50. The molecule has 0 aromatic rings. The fourth-order valence-corrected chi connectivity index (χ4v) is 2.65. The molecular weight excluding hydrogens is 146 g/mol. The van der Waals surface area contributed by atoms with E-state index in [4.69, 9.17) is 0 Å². The van der Waals surface area contributed by atoms with Crippen molar-refractivity contribution in [1.29, 1.82) is 0 Å². The summed E-state index contributed by atoms with van der Waals surface area (Å²) in [5.74, 6) is 1.97. The van der Waals surface area contributed by atoms with Gasteiger partial charge in [0.05, 0.1) is 0 Å². The van der Waals surface area contributed by atoms with Crippen LogP contribution >= 0.6 is 0 Å². The number of allylic oxidation sites excluding steroid dienone is 2. The zero-order valence-electron chi connectivity index (χ0n) is 7.97. The molecule has 1 N–H and O–H groups in total. The van der Waals surface area contributed by atoms with E-state index in [9.17, 15) is 0 Å². The van der Waals surface area contributed by atoms with Crippen molar-refractivity contribution < 1.29 is 0 Å². The summed E-state index contributed by atoms with van der Waals surface area (Å²) in [5, 5.41) is 3.50. The summed E-state index contributed by atoms with van der Waals surface area (Å²) < 4.78 is 0. The monoisotopic (exact) mass is 165 g/mol. The molecule has 1 heteroatoms. The maximum absolute atomic E-state index is 3.50. The van der Waals surface area contributed by atoms with Crippen molar-refractivity contribution in [3.63, 3.8) is 0 Å². The lowest BCUT2D eigenvalue weighted by molar-refractivity contribution is 0.348. The largest absolute Gasteiger partial charge is 0.316 e. The molecule has 1 nitrogen and oxygen atoms in total. The topological polar surface area (TPSA) is 12.0 Å². The molecule has 2 atom stereocenters. The summed E-state index contributed by atoms with van der Waals surface area (Å²) in [6, 6.07) is 0. The van der Waals surface area contributed by atoms with E-state index >= 15 is 0 Å². The fraction of sp³-hybridized carbons (Fsp3) is 0.818. The Bertz CT molecular complexity index is 183. The Labute approximate surface area is 75.2 Å². The molecule has 0 radical (unpaired) electrons. The van der Waals surface area contributed by atoms with Gasteiger partial charge >= 0.3 is 0 Å². The smallest absolute Gasteiger partial charge is 0.00142 e. The quantitative estimate of drug-likeness (QED) is 0.588. The highest BCUT2D eigenvalue weighted by atomic mass is 14.9. The van der Waals surface area contributed by atoms with Crippen molar-refractivity contribution in [2.45, 2.75) is 32.6 Å². The highest BCUT2D eigenvalue weighted by Crippen LogP contribution is 2.35. The van der Waals surface area contributed by atoms with Crippen LogP contribution in [-0.4, -0.2) is 13.1 Å². The van der Waals surface area contributed by atoms with Gasteiger partial charge in [-0.05, 0) is 50.6 Å². The average molecular weight is 165 g/mol. The number of hydrogen-bond acceptors (Lipinski definition) is 1. The minimum absolute atomic E-state index is 0.969. The van der Waals surface area contributed by atoms with Crippen LogP contribution in [0.15, 0.2) is 11.6 Å². The molecular formula is C11H19N. The standard InChI is InChI=1S/C11H19N/c1-2-3-9-4-5-10-7-12-8-11(10)6-9/h3,10-12H,2,4-8H2,1H3/b9-3-. The second kappa shape index (κ2) is 3.61. The first-order chi connectivity index (χ1) is 5.90. The average Bonchev–Trinajstić information content (AvgIpc) is 2.51. The Hall–Kier alpha value is -0.300. The molecule has 0 amide bonds. The van der Waals surface area contributed by atoms with Crippen LogP contribution in [0, 0.1) is 11.8 Å². The molecule has 0 aromatic carbocycles. The predicted molar refractivity (Wildman–Crippen MR) is 52.1 cm³/mol. The highest BCUT2D eigenvalue weighted by molar-refractivity contribution is 5.08. The molecule has 1 aliphatic carbocycles. The molecule has 1 saturated heterocycles. The minimum atomic E-state index is 0.969. The minimum Gasteiger partial charge on any atom is -0.316 e. The van der Waals surface area contributed by atoms with Crippen LogP contribution in [0.1, 0.15) is 32.6 Å². The SMILES string of the molecule is CC/C=C1/CCC2CNCC2C1. The second-order valence-corrected chi connectivity index (χ2v) is 4.19. The van der Waals surface area contributed by atoms with Crippen molar-refractivity contribution in [2.75, 3.05) is 13.1 Å². The Morgan fingerprint density at radius 3 is 3.08 bits per heavy atom. The van der Waals surface area contributed by atoms with Gasteiger partial charge in [0.25, 0.3) is 0 Å². The van der Waals surface area contributed by atoms with Crippen molar-refractivity contribution in [2.24, 2.45) is 11.8 Å². The van der Waals surface area contributed by atoms with E-state index in [1.165, 1.54) is 38.8 Å². The van der Waals surface area contributed by atoms with Crippen LogP contribution < -0.4 is 5.32 Å². The summed E-state index contributed by atoms with van der Waals surface area (Å²) in [7, 11) is 0. The molecule has 2 unspecified atom stereocenters. The molecule has 1 aliphatic heterocycles. The van der Waals surface area contributed by atoms with Gasteiger partial charge < -0.3 is 5.32 Å². The van der Waals surface area contributed by atoms with Gasteiger partial charge in [-0.15, -0.1) is 0 Å². The van der Waals surface area contributed by atoms with Gasteiger partial charge in [-0.25, -0.2) is 0 Å². The molecule has 0 aromatic heterocycles. The molecule has 0 spiro atoms. The van der Waals surface area contributed by atoms with Crippen LogP contribution in [0.2, 0.25) is 0 Å². The third-order valence-corrected chi connectivity index (χ3v) is 3.33. The van der Waals surface area contributed by atoms with Crippen LogP contribution in [0.4, 0.5) is 0 Å². The molecule has 12 heavy (non-hydrogen) atoms. The fourth-order valence-electron chi connectivity index (χ4n) is 2.65. The molecule has 2 fully saturated rings. The maximum atomic E-state index is 3.50. The third-order valence-electron chi connectivity index (χ3n) is 3.33. The van der Waals surface area contributed by atoms with Crippen LogP contribution in [0.3, 0.4) is 0 Å². The Balaban J connectivity index is 1.96. The van der Waals surface area contributed by atoms with E-state index in [0.29, 0.717) is 0 Å². The van der Waals surface area contributed by atoms with Crippen molar-refractivity contribution in [1.82, 2.24) is 5.32 Å². The molecule has 2 rings (SSSR count). The zero-order chi connectivity index (χ0) is 8.39. The first-order valence-electron chi connectivity index (χ1n) is 5.28. The lowest BCUT2D eigenvalue weighted by Gasteiger charge is -2.26. The first-order valence-corrected chi connectivity index (χ1v) is 5.28. The van der Waals surface area contributed by atoms with E-state index < -0.39 is 0 Å². The van der Waals surface area contributed by atoms with Crippen molar-refractivity contribution in [3.05, 3.63) is 11.6 Å². The Morgan fingerprint density at radius 2 is 2.25 bits per heavy atom. The summed E-state index contributed by atoms with van der Waals surface area (Å²) in [6.07, 6.45) is 7.85. The van der Waals surface area contributed by atoms with Gasteiger partial charge in [0.2, 0.25) is 0 Å². The lowest BCUT2D eigenvalue weighted by atomic mass is 9.79. The number of nitrogens with one attached hydrogen (secondary N) is 1. The lowest BCUT2D eigenvalue weighted by Crippen LogP contribution is -2.18. The molecule has 0 bridgehead atoms. The van der Waals surface area contributed by atoms with Crippen LogP contribution in [0.5, 0.6) is 0 Å². The number of fused-ring (bicyclic) bond motifs is 1. The zero-order valence-corrected chi connectivity index (χ0v) is 7.97.